The Labute approximate surface area is 129 Å². The lowest BCUT2D eigenvalue weighted by molar-refractivity contribution is -0.384. The molecule has 1 aliphatic heterocycles. The smallest absolute Gasteiger partial charge is 0.293 e. The summed E-state index contributed by atoms with van der Waals surface area (Å²) in [5, 5.41) is 17.0. The molecular weight excluding hydrogens is 286 g/mol. The molecule has 1 aliphatic rings. The van der Waals surface area contributed by atoms with Crippen LogP contribution in [0.3, 0.4) is 0 Å². The molecule has 0 bridgehead atoms. The van der Waals surface area contributed by atoms with E-state index in [2.05, 4.69) is 10.6 Å². The fourth-order valence-electron chi connectivity index (χ4n) is 2.35. The Morgan fingerprint density at radius 2 is 2.27 bits per heavy atom. The number of carbonyl (C=O) groups excluding carboxylic acids is 1. The zero-order valence-corrected chi connectivity index (χ0v) is 12.8. The van der Waals surface area contributed by atoms with Crippen molar-refractivity contribution in [3.8, 4) is 0 Å². The average Bonchev–Trinajstić information content (AvgIpc) is 2.97. The minimum absolute atomic E-state index is 0.0242. The zero-order valence-electron chi connectivity index (χ0n) is 12.8. The maximum absolute atomic E-state index is 11.9. The number of ether oxygens (including phenoxy) is 1. The van der Waals surface area contributed by atoms with Gasteiger partial charge in [-0.25, -0.2) is 0 Å². The Bertz CT molecular complexity index is 554. The number of carbonyl (C=O) groups is 1. The third-order valence-electron chi connectivity index (χ3n) is 3.42. The third-order valence-corrected chi connectivity index (χ3v) is 3.42. The van der Waals surface area contributed by atoms with Gasteiger partial charge in [-0.1, -0.05) is 0 Å². The van der Waals surface area contributed by atoms with Crippen LogP contribution in [0, 0.1) is 10.1 Å². The van der Waals surface area contributed by atoms with Crippen LogP contribution in [0.5, 0.6) is 0 Å². The topological polar surface area (TPSA) is 93.5 Å². The van der Waals surface area contributed by atoms with E-state index in [1.165, 1.54) is 6.07 Å². The van der Waals surface area contributed by atoms with Crippen molar-refractivity contribution in [2.75, 3.05) is 18.5 Å². The number of amides is 1. The molecule has 120 valence electrons. The van der Waals surface area contributed by atoms with E-state index in [1.54, 1.807) is 12.1 Å². The number of nitrogens with one attached hydrogen (secondary N) is 2. The maximum Gasteiger partial charge on any atom is 0.293 e. The first-order valence-electron chi connectivity index (χ1n) is 7.42. The molecule has 1 heterocycles. The van der Waals surface area contributed by atoms with Crippen molar-refractivity contribution in [1.29, 1.82) is 0 Å². The minimum Gasteiger partial charge on any atom is -0.377 e. The first-order chi connectivity index (χ1) is 10.5. The molecule has 1 atom stereocenters. The van der Waals surface area contributed by atoms with Crippen molar-refractivity contribution < 1.29 is 14.5 Å². The standard InChI is InChI=1S/C15H21N3O4/c1-10(2)17-15(19)11-5-6-13(14(8-11)18(20)21)16-9-12-4-3-7-22-12/h5-6,8,10,12,16H,3-4,7,9H2,1-2H3,(H,17,19). The van der Waals surface area contributed by atoms with Gasteiger partial charge in [0, 0.05) is 30.8 Å². The fraction of sp³-hybridized carbons (Fsp3) is 0.533. The van der Waals surface area contributed by atoms with Crippen LogP contribution in [0.2, 0.25) is 0 Å². The first kappa shape index (κ1) is 16.2. The Morgan fingerprint density at radius 3 is 2.86 bits per heavy atom. The van der Waals surface area contributed by atoms with E-state index in [1.807, 2.05) is 13.8 Å². The highest BCUT2D eigenvalue weighted by molar-refractivity contribution is 5.95. The van der Waals surface area contributed by atoms with Gasteiger partial charge in [-0.15, -0.1) is 0 Å². The van der Waals surface area contributed by atoms with Gasteiger partial charge in [0.05, 0.1) is 11.0 Å². The van der Waals surface area contributed by atoms with Gasteiger partial charge >= 0.3 is 0 Å². The van der Waals surface area contributed by atoms with E-state index >= 15 is 0 Å². The van der Waals surface area contributed by atoms with E-state index in [-0.39, 0.29) is 29.3 Å². The van der Waals surface area contributed by atoms with Gasteiger partial charge in [-0.3, -0.25) is 14.9 Å². The maximum atomic E-state index is 11.9. The number of nitro benzene ring substituents is 1. The SMILES string of the molecule is CC(C)NC(=O)c1ccc(NCC2CCCO2)c([N+](=O)[O-])c1. The molecule has 7 heteroatoms. The van der Waals surface area contributed by atoms with E-state index < -0.39 is 4.92 Å². The van der Waals surface area contributed by atoms with Gasteiger partial charge < -0.3 is 15.4 Å². The van der Waals surface area contributed by atoms with E-state index in [4.69, 9.17) is 4.74 Å². The summed E-state index contributed by atoms with van der Waals surface area (Å²) in [6.07, 6.45) is 2.06. The van der Waals surface area contributed by atoms with Gasteiger partial charge in [-0.05, 0) is 38.8 Å². The highest BCUT2D eigenvalue weighted by Gasteiger charge is 2.20. The summed E-state index contributed by atoms with van der Waals surface area (Å²) < 4.78 is 5.48. The average molecular weight is 307 g/mol. The van der Waals surface area contributed by atoms with Gasteiger partial charge in [0.25, 0.3) is 11.6 Å². The van der Waals surface area contributed by atoms with Crippen LogP contribution >= 0.6 is 0 Å². The normalized spacial score (nSPS) is 17.5. The number of rotatable bonds is 6. The second-order valence-electron chi connectivity index (χ2n) is 5.63. The Morgan fingerprint density at radius 1 is 1.50 bits per heavy atom. The van der Waals surface area contributed by atoms with Gasteiger partial charge in [-0.2, -0.15) is 0 Å². The van der Waals surface area contributed by atoms with Crippen molar-refractivity contribution in [3.63, 3.8) is 0 Å². The quantitative estimate of drug-likeness (QED) is 0.621. The monoisotopic (exact) mass is 307 g/mol. The summed E-state index contributed by atoms with van der Waals surface area (Å²) in [6.45, 7) is 4.94. The number of hydrogen-bond donors (Lipinski definition) is 2. The molecule has 0 saturated carbocycles. The summed E-state index contributed by atoms with van der Waals surface area (Å²) in [5.41, 5.74) is 0.582. The van der Waals surface area contributed by atoms with Crippen LogP contribution in [0.4, 0.5) is 11.4 Å². The lowest BCUT2D eigenvalue weighted by Crippen LogP contribution is -2.30. The second-order valence-corrected chi connectivity index (χ2v) is 5.63. The molecule has 1 aromatic carbocycles. The highest BCUT2D eigenvalue weighted by atomic mass is 16.6. The van der Waals surface area contributed by atoms with Crippen molar-refractivity contribution >= 4 is 17.3 Å². The molecule has 2 rings (SSSR count). The second kappa shape index (κ2) is 7.22. The van der Waals surface area contributed by atoms with Crippen LogP contribution in [-0.4, -0.2) is 36.1 Å². The summed E-state index contributed by atoms with van der Waals surface area (Å²) in [4.78, 5) is 22.7. The highest BCUT2D eigenvalue weighted by Crippen LogP contribution is 2.26. The Hall–Kier alpha value is -2.15. The van der Waals surface area contributed by atoms with Crippen LogP contribution in [-0.2, 0) is 4.74 Å². The molecule has 1 unspecified atom stereocenters. The van der Waals surface area contributed by atoms with Crippen LogP contribution < -0.4 is 10.6 Å². The lowest BCUT2D eigenvalue weighted by Gasteiger charge is -2.13. The Kier molecular flexibility index (Phi) is 5.32. The molecule has 0 aliphatic carbocycles. The van der Waals surface area contributed by atoms with E-state index in [0.29, 0.717) is 12.2 Å². The molecule has 0 spiro atoms. The lowest BCUT2D eigenvalue weighted by atomic mass is 10.1. The van der Waals surface area contributed by atoms with Gasteiger partial charge in [0.2, 0.25) is 0 Å². The van der Waals surface area contributed by atoms with Crippen molar-refractivity contribution in [3.05, 3.63) is 33.9 Å². The van der Waals surface area contributed by atoms with Gasteiger partial charge in [0.1, 0.15) is 5.69 Å². The van der Waals surface area contributed by atoms with Crippen LogP contribution in [0.25, 0.3) is 0 Å². The summed E-state index contributed by atoms with van der Waals surface area (Å²) in [5.74, 6) is -0.316. The molecule has 0 aromatic heterocycles. The van der Waals surface area contributed by atoms with E-state index in [9.17, 15) is 14.9 Å². The molecule has 22 heavy (non-hydrogen) atoms. The summed E-state index contributed by atoms with van der Waals surface area (Å²) >= 11 is 0. The number of nitro groups is 1. The first-order valence-corrected chi connectivity index (χ1v) is 7.42. The molecular formula is C15H21N3O4. The van der Waals surface area contributed by atoms with Crippen LogP contribution in [0.15, 0.2) is 18.2 Å². The molecule has 0 radical (unpaired) electrons. The predicted octanol–water partition coefficient (Wildman–Crippen LogP) is 2.32. The minimum atomic E-state index is -0.482. The van der Waals surface area contributed by atoms with Crippen molar-refractivity contribution in [2.45, 2.75) is 38.8 Å². The van der Waals surface area contributed by atoms with E-state index in [0.717, 1.165) is 19.4 Å². The molecule has 1 saturated heterocycles. The molecule has 7 nitrogen and oxygen atoms in total. The molecule has 2 N–H and O–H groups in total. The molecule has 1 amide bonds. The van der Waals surface area contributed by atoms with Crippen molar-refractivity contribution in [1.82, 2.24) is 5.32 Å². The molecule has 1 fully saturated rings. The zero-order chi connectivity index (χ0) is 16.1. The summed E-state index contributed by atoms with van der Waals surface area (Å²) in [6, 6.07) is 4.43. The number of nitrogens with zero attached hydrogens (tertiary/aromatic N) is 1. The predicted molar refractivity (Wildman–Crippen MR) is 83.2 cm³/mol. The summed E-state index contributed by atoms with van der Waals surface area (Å²) in [7, 11) is 0. The number of anilines is 1. The number of benzene rings is 1. The van der Waals surface area contributed by atoms with Crippen LogP contribution in [0.1, 0.15) is 37.0 Å². The van der Waals surface area contributed by atoms with Crippen molar-refractivity contribution in [2.24, 2.45) is 0 Å². The fourth-order valence-corrected chi connectivity index (χ4v) is 2.35. The Balaban J connectivity index is 2.12. The van der Waals surface area contributed by atoms with Gasteiger partial charge in [0.15, 0.2) is 0 Å². The molecule has 1 aromatic rings. The third kappa shape index (κ3) is 4.17. The number of hydrogen-bond acceptors (Lipinski definition) is 5. The largest absolute Gasteiger partial charge is 0.377 e.